The number of hydrogen-bond donors (Lipinski definition) is 0. The van der Waals surface area contributed by atoms with E-state index in [2.05, 4.69) is 4.95 Å². The van der Waals surface area contributed by atoms with Crippen molar-refractivity contribution in [3.63, 3.8) is 0 Å². The largest absolute Gasteiger partial charge is 0.777 e. The second kappa shape index (κ2) is 6.66. The molecule has 120 valence electrons. The molecular formula is C13H16N2O6P-. The Morgan fingerprint density at radius 1 is 1.50 bits per heavy atom. The number of hydroxylamine groups is 1. The summed E-state index contributed by atoms with van der Waals surface area (Å²) in [5.74, 6) is -0.381. The number of carbonyl (C=O) groups is 1. The van der Waals surface area contributed by atoms with Crippen molar-refractivity contribution in [2.24, 2.45) is 4.95 Å². The Bertz CT molecular complexity index is 620. The Hall–Kier alpha value is -1.60. The smallest absolute Gasteiger partial charge is 0.414 e. The van der Waals surface area contributed by atoms with Crippen molar-refractivity contribution in [1.29, 1.82) is 0 Å². The first-order valence-electron chi connectivity index (χ1n) is 6.72. The molecule has 0 aliphatic carbocycles. The monoisotopic (exact) mass is 327 g/mol. The Balaban J connectivity index is 1.96. The SMILES string of the molecule is CC(CC[C@@H]1OC(=O)c2ccccc21)OP(=O)(N=O)N(C)[O-]. The zero-order valence-corrected chi connectivity index (χ0v) is 13.1. The number of nitrogens with zero attached hydrogens (tertiary/aromatic N) is 2. The predicted molar refractivity (Wildman–Crippen MR) is 78.9 cm³/mol. The highest BCUT2D eigenvalue weighted by Crippen LogP contribution is 2.52. The molecule has 1 heterocycles. The van der Waals surface area contributed by atoms with E-state index in [0.29, 0.717) is 18.4 Å². The first kappa shape index (κ1) is 16.8. The Kier molecular flexibility index (Phi) is 5.08. The van der Waals surface area contributed by atoms with Gasteiger partial charge >= 0.3 is 13.6 Å². The highest BCUT2D eigenvalue weighted by Gasteiger charge is 2.32. The molecule has 0 radical (unpaired) electrons. The molecule has 0 spiro atoms. The Morgan fingerprint density at radius 2 is 2.18 bits per heavy atom. The molecule has 8 nitrogen and oxygen atoms in total. The fourth-order valence-corrected chi connectivity index (χ4v) is 3.09. The second-order valence-corrected chi connectivity index (χ2v) is 6.93. The zero-order valence-electron chi connectivity index (χ0n) is 12.2. The molecule has 0 bridgehead atoms. The van der Waals surface area contributed by atoms with E-state index in [0.717, 1.165) is 12.6 Å². The van der Waals surface area contributed by atoms with Gasteiger partial charge in [-0.2, -0.15) is 0 Å². The quantitative estimate of drug-likeness (QED) is 0.327. The van der Waals surface area contributed by atoms with E-state index in [4.69, 9.17) is 9.26 Å². The van der Waals surface area contributed by atoms with E-state index < -0.39 is 19.9 Å². The molecule has 22 heavy (non-hydrogen) atoms. The van der Waals surface area contributed by atoms with Crippen molar-refractivity contribution in [3.8, 4) is 0 Å². The van der Waals surface area contributed by atoms with E-state index >= 15 is 0 Å². The molecular weight excluding hydrogens is 311 g/mol. The highest BCUT2D eigenvalue weighted by atomic mass is 31.2. The lowest BCUT2D eigenvalue weighted by atomic mass is 10.0. The van der Waals surface area contributed by atoms with Gasteiger partial charge in [0, 0.05) is 10.5 Å². The molecule has 1 aromatic rings. The van der Waals surface area contributed by atoms with Gasteiger partial charge in [0.05, 0.1) is 11.7 Å². The molecule has 3 atom stereocenters. The third-order valence-electron chi connectivity index (χ3n) is 3.39. The van der Waals surface area contributed by atoms with Gasteiger partial charge in [-0.05, 0) is 32.9 Å². The van der Waals surface area contributed by atoms with Gasteiger partial charge < -0.3 is 9.94 Å². The molecule has 0 fully saturated rings. The van der Waals surface area contributed by atoms with Gasteiger partial charge in [-0.15, -0.1) is 4.91 Å². The number of carbonyl (C=O) groups excluding carboxylic acids is 1. The van der Waals surface area contributed by atoms with Crippen LogP contribution < -0.4 is 0 Å². The van der Waals surface area contributed by atoms with Crippen molar-refractivity contribution in [3.05, 3.63) is 45.5 Å². The van der Waals surface area contributed by atoms with Crippen LogP contribution in [0.15, 0.2) is 29.2 Å². The Labute approximate surface area is 127 Å². The third kappa shape index (κ3) is 3.41. The topological polar surface area (TPSA) is 108 Å². The fourth-order valence-electron chi connectivity index (χ4n) is 2.24. The van der Waals surface area contributed by atoms with Crippen molar-refractivity contribution < 1.29 is 18.6 Å². The van der Waals surface area contributed by atoms with Gasteiger partial charge in [0.1, 0.15) is 6.10 Å². The summed E-state index contributed by atoms with van der Waals surface area (Å²) in [4.78, 5) is 24.4. The minimum absolute atomic E-state index is 0.0681. The van der Waals surface area contributed by atoms with Gasteiger partial charge in [0.2, 0.25) is 0 Å². The van der Waals surface area contributed by atoms with Crippen LogP contribution in [0.3, 0.4) is 0 Å². The number of rotatable bonds is 7. The first-order valence-corrected chi connectivity index (χ1v) is 8.25. The van der Waals surface area contributed by atoms with Crippen LogP contribution in [0.4, 0.5) is 0 Å². The van der Waals surface area contributed by atoms with E-state index in [-0.39, 0.29) is 10.8 Å². The van der Waals surface area contributed by atoms with E-state index in [1.807, 2.05) is 6.07 Å². The third-order valence-corrected chi connectivity index (χ3v) is 4.94. The maximum atomic E-state index is 11.8. The van der Waals surface area contributed by atoms with Gasteiger partial charge in [-0.1, -0.05) is 18.2 Å². The minimum Gasteiger partial charge on any atom is -0.777 e. The summed E-state index contributed by atoms with van der Waals surface area (Å²) >= 11 is 0. The number of fused-ring (bicyclic) bond motifs is 1. The molecule has 2 unspecified atom stereocenters. The van der Waals surface area contributed by atoms with E-state index in [9.17, 15) is 19.5 Å². The van der Waals surface area contributed by atoms with Crippen LogP contribution in [0.5, 0.6) is 0 Å². The summed E-state index contributed by atoms with van der Waals surface area (Å²) in [6.07, 6.45) is -0.292. The molecule has 9 heteroatoms. The van der Waals surface area contributed by atoms with E-state index in [1.54, 1.807) is 25.1 Å². The molecule has 0 saturated heterocycles. The molecule has 1 aliphatic heterocycles. The van der Waals surface area contributed by atoms with Gasteiger partial charge in [0.25, 0.3) is 0 Å². The van der Waals surface area contributed by atoms with Gasteiger partial charge in [-0.3, -0.25) is 9.36 Å². The lowest BCUT2D eigenvalue weighted by molar-refractivity contribution is 0.0339. The number of cyclic esters (lactones) is 1. The summed E-state index contributed by atoms with van der Waals surface area (Å²) in [5, 5.41) is 11.1. The van der Waals surface area contributed by atoms with Crippen LogP contribution in [0.2, 0.25) is 0 Å². The summed E-state index contributed by atoms with van der Waals surface area (Å²) in [7, 11) is -3.31. The number of benzene rings is 1. The lowest BCUT2D eigenvalue weighted by Gasteiger charge is -2.28. The fraction of sp³-hybridized carbons (Fsp3) is 0.462. The molecule has 0 saturated carbocycles. The first-order chi connectivity index (χ1) is 10.4. The number of hydrogen-bond acceptors (Lipinski definition) is 6. The van der Waals surface area contributed by atoms with Crippen LogP contribution in [-0.4, -0.2) is 24.0 Å². The standard InChI is InChI=1S/C13H16N2O6P/c1-9(21-22(19,14-17)15(2)18)7-8-12-10-5-3-4-6-11(10)13(16)20-12/h3-6,9,12H,7-8H2,1-2H3/q-1/t9?,12-,22?/m0/s1. The number of esters is 1. The van der Waals surface area contributed by atoms with Gasteiger partial charge in [-0.25, -0.2) is 9.36 Å². The predicted octanol–water partition coefficient (Wildman–Crippen LogP) is 3.39. The maximum absolute atomic E-state index is 11.8. The normalized spacial score (nSPS) is 21.1. The number of ether oxygens (including phenoxy) is 1. The summed E-state index contributed by atoms with van der Waals surface area (Å²) in [5.41, 5.74) is 1.32. The lowest BCUT2D eigenvalue weighted by Crippen LogP contribution is -2.14. The minimum atomic E-state index is -4.23. The van der Waals surface area contributed by atoms with Crippen LogP contribution in [0, 0.1) is 10.1 Å². The van der Waals surface area contributed by atoms with Crippen molar-refractivity contribution >= 4 is 13.6 Å². The second-order valence-electron chi connectivity index (χ2n) is 5.01. The molecule has 0 N–H and O–H groups in total. The summed E-state index contributed by atoms with van der Waals surface area (Å²) in [6, 6.07) is 7.06. The maximum Gasteiger partial charge on any atom is 0.414 e. The van der Waals surface area contributed by atoms with Crippen LogP contribution in [0.25, 0.3) is 0 Å². The summed E-state index contributed by atoms with van der Waals surface area (Å²) < 4.78 is 22.0. The summed E-state index contributed by atoms with van der Waals surface area (Å²) in [6.45, 7) is 1.57. The molecule has 2 rings (SSSR count). The average Bonchev–Trinajstić information content (AvgIpc) is 2.82. The highest BCUT2D eigenvalue weighted by molar-refractivity contribution is 7.54. The molecule has 0 amide bonds. The number of nitroso groups, excluding NO2 is 1. The van der Waals surface area contributed by atoms with Crippen molar-refractivity contribution in [2.75, 3.05) is 7.05 Å². The van der Waals surface area contributed by atoms with Crippen LogP contribution in [-0.2, 0) is 13.8 Å². The zero-order chi connectivity index (χ0) is 16.3. The van der Waals surface area contributed by atoms with E-state index in [1.165, 1.54) is 0 Å². The molecule has 1 aromatic carbocycles. The van der Waals surface area contributed by atoms with Crippen molar-refractivity contribution in [1.82, 2.24) is 4.83 Å². The van der Waals surface area contributed by atoms with Crippen LogP contribution >= 0.6 is 7.67 Å². The molecule has 0 aromatic heterocycles. The average molecular weight is 327 g/mol. The Morgan fingerprint density at radius 3 is 2.82 bits per heavy atom. The van der Waals surface area contributed by atoms with Crippen molar-refractivity contribution in [2.45, 2.75) is 32.0 Å². The molecule has 1 aliphatic rings. The van der Waals surface area contributed by atoms with Crippen LogP contribution in [0.1, 0.15) is 41.8 Å². The van der Waals surface area contributed by atoms with Gasteiger partial charge in [0.15, 0.2) is 0 Å².